The number of rotatable bonds is 4. The number of hydrogen-bond acceptors (Lipinski definition) is 5. The van der Waals surface area contributed by atoms with Crippen LogP contribution < -0.4 is 10.2 Å². The van der Waals surface area contributed by atoms with Gasteiger partial charge >= 0.3 is 0 Å². The van der Waals surface area contributed by atoms with Crippen LogP contribution in [0.25, 0.3) is 21.3 Å². The van der Waals surface area contributed by atoms with Crippen molar-refractivity contribution in [2.75, 3.05) is 25.5 Å². The van der Waals surface area contributed by atoms with Gasteiger partial charge in [-0.1, -0.05) is 30.3 Å². The minimum absolute atomic E-state index is 0.0502. The molecular formula is C16H16N4OS. The van der Waals surface area contributed by atoms with E-state index < -0.39 is 0 Å². The number of nitrogens with one attached hydrogen (secondary N) is 1. The quantitative estimate of drug-likeness (QED) is 0.804. The molecule has 3 rings (SSSR count). The highest BCUT2D eigenvalue weighted by Crippen LogP contribution is 2.37. The molecule has 112 valence electrons. The van der Waals surface area contributed by atoms with Crippen molar-refractivity contribution in [3.05, 3.63) is 42.0 Å². The number of hydrogen-bond donors (Lipinski definition) is 1. The molecule has 5 nitrogen and oxygen atoms in total. The molecule has 3 aromatic rings. The monoisotopic (exact) mass is 312 g/mol. The molecule has 22 heavy (non-hydrogen) atoms. The Kier molecular flexibility index (Phi) is 4.02. The van der Waals surface area contributed by atoms with E-state index in [4.69, 9.17) is 0 Å². The number of amides is 1. The third-order valence-corrected chi connectivity index (χ3v) is 4.34. The fourth-order valence-corrected chi connectivity index (χ4v) is 3.26. The van der Waals surface area contributed by atoms with E-state index in [2.05, 4.69) is 32.8 Å². The minimum atomic E-state index is -0.0502. The van der Waals surface area contributed by atoms with Gasteiger partial charge < -0.3 is 10.2 Å². The van der Waals surface area contributed by atoms with Crippen molar-refractivity contribution in [1.29, 1.82) is 0 Å². The Hall–Kier alpha value is -2.47. The van der Waals surface area contributed by atoms with Crippen LogP contribution in [-0.2, 0) is 4.79 Å². The Morgan fingerprint density at radius 2 is 2.05 bits per heavy atom. The van der Waals surface area contributed by atoms with Gasteiger partial charge in [-0.25, -0.2) is 9.97 Å². The molecule has 6 heteroatoms. The standard InChI is InChI=1S/C16H16N4OS/c1-17-13(21)8-20(2)15-14-12(11-6-4-3-5-7-11)9-22-16(14)19-10-18-15/h3-7,9-10H,8H2,1-2H3,(H,17,21). The maximum Gasteiger partial charge on any atom is 0.239 e. The van der Waals surface area contributed by atoms with E-state index >= 15 is 0 Å². The summed E-state index contributed by atoms with van der Waals surface area (Å²) < 4.78 is 0. The molecule has 0 radical (unpaired) electrons. The molecule has 1 amide bonds. The molecule has 2 aromatic heterocycles. The van der Waals surface area contributed by atoms with Gasteiger partial charge in [0.15, 0.2) is 0 Å². The maximum absolute atomic E-state index is 11.6. The predicted molar refractivity (Wildman–Crippen MR) is 90.2 cm³/mol. The molecule has 0 atom stereocenters. The van der Waals surface area contributed by atoms with Crippen molar-refractivity contribution in [2.24, 2.45) is 0 Å². The van der Waals surface area contributed by atoms with E-state index in [-0.39, 0.29) is 12.5 Å². The molecule has 0 aliphatic carbocycles. The average molecular weight is 312 g/mol. The lowest BCUT2D eigenvalue weighted by Crippen LogP contribution is -2.33. The Bertz CT molecular complexity index is 800. The number of nitrogens with zero attached hydrogens (tertiary/aromatic N) is 3. The molecular weight excluding hydrogens is 296 g/mol. The number of benzene rings is 1. The van der Waals surface area contributed by atoms with Crippen LogP contribution in [0.5, 0.6) is 0 Å². The molecule has 0 aliphatic rings. The second kappa shape index (κ2) is 6.11. The molecule has 0 spiro atoms. The summed E-state index contributed by atoms with van der Waals surface area (Å²) in [6.07, 6.45) is 1.54. The number of likely N-dealkylation sites (N-methyl/N-ethyl adjacent to an activating group) is 2. The van der Waals surface area contributed by atoms with Gasteiger partial charge in [0, 0.05) is 25.0 Å². The number of anilines is 1. The Balaban J connectivity index is 2.11. The van der Waals surface area contributed by atoms with E-state index in [9.17, 15) is 4.79 Å². The first-order valence-corrected chi connectivity index (χ1v) is 7.78. The molecule has 1 N–H and O–H groups in total. The first-order valence-electron chi connectivity index (χ1n) is 6.90. The predicted octanol–water partition coefficient (Wildman–Crippen LogP) is 2.54. The smallest absolute Gasteiger partial charge is 0.239 e. The van der Waals surface area contributed by atoms with Gasteiger partial charge in [-0.3, -0.25) is 4.79 Å². The Morgan fingerprint density at radius 3 is 2.77 bits per heavy atom. The van der Waals surface area contributed by atoms with Crippen molar-refractivity contribution in [3.63, 3.8) is 0 Å². The van der Waals surface area contributed by atoms with Crippen LogP contribution in [0.4, 0.5) is 5.82 Å². The van der Waals surface area contributed by atoms with Crippen LogP contribution in [0.2, 0.25) is 0 Å². The second-order valence-corrected chi connectivity index (χ2v) is 5.78. The van der Waals surface area contributed by atoms with Gasteiger partial charge in [0.25, 0.3) is 0 Å². The van der Waals surface area contributed by atoms with Crippen LogP contribution in [0, 0.1) is 0 Å². The lowest BCUT2D eigenvalue weighted by Gasteiger charge is -2.18. The molecule has 0 unspecified atom stereocenters. The van der Waals surface area contributed by atoms with Crippen molar-refractivity contribution in [3.8, 4) is 11.1 Å². The fourth-order valence-electron chi connectivity index (χ4n) is 2.35. The minimum Gasteiger partial charge on any atom is -0.358 e. The third kappa shape index (κ3) is 2.65. The van der Waals surface area contributed by atoms with E-state index in [0.717, 1.165) is 27.2 Å². The molecule has 0 fully saturated rings. The first-order chi connectivity index (χ1) is 10.7. The van der Waals surface area contributed by atoms with Crippen LogP contribution in [0.1, 0.15) is 0 Å². The summed E-state index contributed by atoms with van der Waals surface area (Å²) in [6.45, 7) is 0.257. The van der Waals surface area contributed by atoms with Gasteiger partial charge in [-0.15, -0.1) is 11.3 Å². The number of thiophene rings is 1. The van der Waals surface area contributed by atoms with E-state index in [0.29, 0.717) is 0 Å². The van der Waals surface area contributed by atoms with Crippen LogP contribution in [-0.4, -0.2) is 36.5 Å². The van der Waals surface area contributed by atoms with Crippen LogP contribution >= 0.6 is 11.3 Å². The van der Waals surface area contributed by atoms with Gasteiger partial charge in [-0.05, 0) is 5.56 Å². The van der Waals surface area contributed by atoms with Crippen molar-refractivity contribution in [1.82, 2.24) is 15.3 Å². The van der Waals surface area contributed by atoms with Crippen LogP contribution in [0.3, 0.4) is 0 Å². The average Bonchev–Trinajstić information content (AvgIpc) is 2.99. The molecule has 0 saturated heterocycles. The first kappa shape index (κ1) is 14.5. The summed E-state index contributed by atoms with van der Waals surface area (Å²) in [5, 5.41) is 5.71. The summed E-state index contributed by atoms with van der Waals surface area (Å²) in [5.74, 6) is 0.722. The van der Waals surface area contributed by atoms with Crippen molar-refractivity contribution < 1.29 is 4.79 Å². The third-order valence-electron chi connectivity index (χ3n) is 3.46. The molecule has 0 saturated carbocycles. The highest BCUT2D eigenvalue weighted by molar-refractivity contribution is 7.17. The summed E-state index contributed by atoms with van der Waals surface area (Å²) in [4.78, 5) is 23.1. The van der Waals surface area contributed by atoms with Gasteiger partial charge in [-0.2, -0.15) is 0 Å². The number of aromatic nitrogens is 2. The molecule has 2 heterocycles. The lowest BCUT2D eigenvalue weighted by molar-refractivity contribution is -0.119. The summed E-state index contributed by atoms with van der Waals surface area (Å²) in [7, 11) is 3.50. The number of carbonyl (C=O) groups is 1. The van der Waals surface area contributed by atoms with Crippen molar-refractivity contribution >= 4 is 33.3 Å². The van der Waals surface area contributed by atoms with E-state index in [1.807, 2.05) is 30.1 Å². The zero-order chi connectivity index (χ0) is 15.5. The van der Waals surface area contributed by atoms with Crippen LogP contribution in [0.15, 0.2) is 42.0 Å². The second-order valence-electron chi connectivity index (χ2n) is 4.92. The Morgan fingerprint density at radius 1 is 1.27 bits per heavy atom. The van der Waals surface area contributed by atoms with E-state index in [1.54, 1.807) is 24.7 Å². The normalized spacial score (nSPS) is 10.6. The topological polar surface area (TPSA) is 58.1 Å². The zero-order valence-electron chi connectivity index (χ0n) is 12.4. The highest BCUT2D eigenvalue weighted by Gasteiger charge is 2.16. The molecule has 0 aliphatic heterocycles. The fraction of sp³-hybridized carbons (Fsp3) is 0.188. The number of fused-ring (bicyclic) bond motifs is 1. The zero-order valence-corrected chi connectivity index (χ0v) is 13.2. The lowest BCUT2D eigenvalue weighted by atomic mass is 10.1. The Labute approximate surface area is 132 Å². The molecule has 0 bridgehead atoms. The van der Waals surface area contributed by atoms with Gasteiger partial charge in [0.05, 0.1) is 11.9 Å². The summed E-state index contributed by atoms with van der Waals surface area (Å²) in [6, 6.07) is 10.1. The highest BCUT2D eigenvalue weighted by atomic mass is 32.1. The largest absolute Gasteiger partial charge is 0.358 e. The summed E-state index contributed by atoms with van der Waals surface area (Å²) >= 11 is 1.59. The summed E-state index contributed by atoms with van der Waals surface area (Å²) in [5.41, 5.74) is 2.22. The van der Waals surface area contributed by atoms with Crippen molar-refractivity contribution in [2.45, 2.75) is 0 Å². The van der Waals surface area contributed by atoms with E-state index in [1.165, 1.54) is 0 Å². The molecule has 1 aromatic carbocycles. The van der Waals surface area contributed by atoms with Gasteiger partial charge in [0.1, 0.15) is 17.0 Å². The van der Waals surface area contributed by atoms with Gasteiger partial charge in [0.2, 0.25) is 5.91 Å². The SMILES string of the molecule is CNC(=O)CN(C)c1ncnc2scc(-c3ccccc3)c12. The maximum atomic E-state index is 11.6. The number of carbonyl (C=O) groups excluding carboxylic acids is 1.